The molecule has 0 amide bonds. The second-order valence-electron chi connectivity index (χ2n) is 4.51. The zero-order chi connectivity index (χ0) is 14.4. The van der Waals surface area contributed by atoms with Crippen molar-refractivity contribution in [2.24, 2.45) is 7.05 Å². The molecule has 0 saturated heterocycles. The summed E-state index contributed by atoms with van der Waals surface area (Å²) >= 11 is 4.81. The summed E-state index contributed by atoms with van der Waals surface area (Å²) < 4.78 is 7.47. The first-order valence-electron chi connectivity index (χ1n) is 5.87. The highest BCUT2D eigenvalue weighted by Crippen LogP contribution is 2.29. The fraction of sp³-hybridized carbons (Fsp3) is 0.143. The predicted molar refractivity (Wildman–Crippen MR) is 81.6 cm³/mol. The minimum atomic E-state index is -0.431. The van der Waals surface area contributed by atoms with Gasteiger partial charge in [0.1, 0.15) is 0 Å². The number of aromatic nitrogens is 1. The Morgan fingerprint density at radius 2 is 2.10 bits per heavy atom. The number of carbonyl (C=O) groups excluding carboxylic acids is 1. The van der Waals surface area contributed by atoms with E-state index in [2.05, 4.69) is 15.9 Å². The number of halogens is 1. The number of ketones is 1. The number of hydrogen-bond donors (Lipinski definition) is 0. The van der Waals surface area contributed by atoms with Crippen LogP contribution < -0.4 is 5.76 Å². The molecule has 6 heteroatoms. The summed E-state index contributed by atoms with van der Waals surface area (Å²) in [6, 6.07) is 6.90. The van der Waals surface area contributed by atoms with E-state index in [4.69, 9.17) is 4.42 Å². The molecule has 0 aliphatic carbocycles. The number of hydrogen-bond acceptors (Lipinski definition) is 4. The molecule has 0 aliphatic rings. The fourth-order valence-corrected chi connectivity index (χ4v) is 3.49. The van der Waals surface area contributed by atoms with Crippen LogP contribution in [0.4, 0.5) is 0 Å². The number of thiophene rings is 1. The maximum atomic E-state index is 12.4. The first kappa shape index (κ1) is 13.3. The number of fused-ring (bicyclic) bond motifs is 1. The summed E-state index contributed by atoms with van der Waals surface area (Å²) in [5.74, 6) is -0.503. The lowest BCUT2D eigenvalue weighted by Crippen LogP contribution is -2.08. The van der Waals surface area contributed by atoms with Gasteiger partial charge in [-0.3, -0.25) is 9.36 Å². The van der Waals surface area contributed by atoms with Crippen LogP contribution >= 0.6 is 27.3 Å². The monoisotopic (exact) mass is 351 g/mol. The van der Waals surface area contributed by atoms with Crippen molar-refractivity contribution in [2.75, 3.05) is 0 Å². The molecule has 3 aromatic rings. The topological polar surface area (TPSA) is 52.2 Å². The van der Waals surface area contributed by atoms with Gasteiger partial charge in [-0.05, 0) is 52.7 Å². The lowest BCUT2D eigenvalue weighted by Gasteiger charge is -1.98. The smallest absolute Gasteiger partial charge is 0.408 e. The van der Waals surface area contributed by atoms with Gasteiger partial charge in [-0.25, -0.2) is 4.79 Å². The van der Waals surface area contributed by atoms with Gasteiger partial charge in [0, 0.05) is 12.6 Å². The molecule has 1 aromatic carbocycles. The minimum Gasteiger partial charge on any atom is -0.408 e. The maximum Gasteiger partial charge on any atom is 0.419 e. The summed E-state index contributed by atoms with van der Waals surface area (Å²) in [5, 5.41) is 0. The number of rotatable bonds is 2. The van der Waals surface area contributed by atoms with Gasteiger partial charge in [-0.15, -0.1) is 11.3 Å². The Morgan fingerprint density at radius 1 is 1.35 bits per heavy atom. The van der Waals surface area contributed by atoms with Gasteiger partial charge >= 0.3 is 5.76 Å². The Bertz CT molecular complexity index is 868. The van der Waals surface area contributed by atoms with Crippen LogP contribution in [-0.4, -0.2) is 10.4 Å². The van der Waals surface area contributed by atoms with E-state index < -0.39 is 5.76 Å². The summed E-state index contributed by atoms with van der Waals surface area (Å²) in [5.41, 5.74) is 2.65. The maximum absolute atomic E-state index is 12.4. The van der Waals surface area contributed by atoms with Crippen LogP contribution in [0.15, 0.2) is 37.3 Å². The zero-order valence-corrected chi connectivity index (χ0v) is 13.2. The third-order valence-electron chi connectivity index (χ3n) is 3.14. The first-order valence-corrected chi connectivity index (χ1v) is 7.48. The van der Waals surface area contributed by atoms with Crippen molar-refractivity contribution in [3.05, 3.63) is 54.6 Å². The molecule has 20 heavy (non-hydrogen) atoms. The van der Waals surface area contributed by atoms with Crippen LogP contribution in [0, 0.1) is 6.92 Å². The van der Waals surface area contributed by atoms with Gasteiger partial charge in [-0.2, -0.15) is 0 Å². The van der Waals surface area contributed by atoms with Crippen molar-refractivity contribution in [2.45, 2.75) is 6.92 Å². The molecular weight excluding hydrogens is 342 g/mol. The molecule has 0 unspecified atom stereocenters. The molecule has 0 fully saturated rings. The minimum absolute atomic E-state index is 0.0720. The first-order chi connectivity index (χ1) is 9.47. The second-order valence-corrected chi connectivity index (χ2v) is 6.88. The van der Waals surface area contributed by atoms with Crippen LogP contribution in [0.25, 0.3) is 11.1 Å². The molecule has 2 aromatic heterocycles. The highest BCUT2D eigenvalue weighted by atomic mass is 79.9. The largest absolute Gasteiger partial charge is 0.419 e. The van der Waals surface area contributed by atoms with E-state index in [1.807, 2.05) is 13.0 Å². The van der Waals surface area contributed by atoms with Crippen molar-refractivity contribution in [3.63, 3.8) is 0 Å². The number of nitrogens with zero attached hydrogens (tertiary/aromatic N) is 1. The molecule has 0 bridgehead atoms. The van der Waals surface area contributed by atoms with Gasteiger partial charge in [0.2, 0.25) is 5.78 Å². The highest BCUT2D eigenvalue weighted by Gasteiger charge is 2.15. The Kier molecular flexibility index (Phi) is 3.14. The number of benzene rings is 1. The van der Waals surface area contributed by atoms with Crippen molar-refractivity contribution < 1.29 is 9.21 Å². The van der Waals surface area contributed by atoms with Crippen LogP contribution in [0.1, 0.15) is 20.8 Å². The SMILES string of the molecule is Cc1cc(C(=O)c2ccc3c(c2)oc(=O)n3C)sc1Br. The predicted octanol–water partition coefficient (Wildman–Crippen LogP) is 3.49. The van der Waals surface area contributed by atoms with E-state index in [0.717, 1.165) is 9.35 Å². The van der Waals surface area contributed by atoms with E-state index in [1.165, 1.54) is 15.9 Å². The molecule has 0 aliphatic heterocycles. The molecule has 0 atom stereocenters. The molecule has 2 heterocycles. The zero-order valence-electron chi connectivity index (χ0n) is 10.8. The Labute approximate surface area is 126 Å². The van der Waals surface area contributed by atoms with E-state index in [9.17, 15) is 9.59 Å². The Morgan fingerprint density at radius 3 is 2.75 bits per heavy atom. The lowest BCUT2D eigenvalue weighted by molar-refractivity contribution is 0.104. The third kappa shape index (κ3) is 2.05. The lowest BCUT2D eigenvalue weighted by atomic mass is 10.1. The molecule has 0 spiro atoms. The average molecular weight is 352 g/mol. The van der Waals surface area contributed by atoms with E-state index in [0.29, 0.717) is 21.5 Å². The average Bonchev–Trinajstić information content (AvgIpc) is 2.90. The molecule has 0 radical (unpaired) electrons. The molecule has 0 N–H and O–H groups in total. The van der Waals surface area contributed by atoms with Gasteiger partial charge < -0.3 is 4.42 Å². The molecule has 102 valence electrons. The van der Waals surface area contributed by atoms with Crippen molar-refractivity contribution in [3.8, 4) is 0 Å². The van der Waals surface area contributed by atoms with Crippen LogP contribution in [0.3, 0.4) is 0 Å². The normalized spacial score (nSPS) is 11.2. The van der Waals surface area contributed by atoms with Gasteiger partial charge in [0.15, 0.2) is 5.58 Å². The number of aryl methyl sites for hydroxylation is 2. The Hall–Kier alpha value is -1.66. The molecular formula is C14H10BrNO3S. The van der Waals surface area contributed by atoms with E-state index >= 15 is 0 Å². The molecule has 0 saturated carbocycles. The van der Waals surface area contributed by atoms with Crippen LogP contribution in [0.5, 0.6) is 0 Å². The number of oxazole rings is 1. The molecule has 3 rings (SSSR count). The standard InChI is InChI=1S/C14H10BrNO3S/c1-7-5-11(20-13(7)15)12(17)8-3-4-9-10(6-8)19-14(18)16(9)2/h3-6H,1-2H3. The van der Waals surface area contributed by atoms with Crippen LogP contribution in [0.2, 0.25) is 0 Å². The second kappa shape index (κ2) is 4.71. The van der Waals surface area contributed by atoms with Crippen molar-refractivity contribution in [1.29, 1.82) is 0 Å². The quantitative estimate of drug-likeness (QED) is 0.664. The Balaban J connectivity index is 2.10. The fourth-order valence-electron chi connectivity index (χ4n) is 1.99. The van der Waals surface area contributed by atoms with E-state index in [1.54, 1.807) is 25.2 Å². The van der Waals surface area contributed by atoms with Crippen molar-refractivity contribution in [1.82, 2.24) is 4.57 Å². The van der Waals surface area contributed by atoms with Gasteiger partial charge in [0.25, 0.3) is 0 Å². The van der Waals surface area contributed by atoms with Gasteiger partial charge in [0.05, 0.1) is 14.2 Å². The molecule has 4 nitrogen and oxygen atoms in total. The van der Waals surface area contributed by atoms with Gasteiger partial charge in [-0.1, -0.05) is 0 Å². The summed E-state index contributed by atoms with van der Waals surface area (Å²) in [6.07, 6.45) is 0. The highest BCUT2D eigenvalue weighted by molar-refractivity contribution is 9.11. The number of carbonyl (C=O) groups is 1. The van der Waals surface area contributed by atoms with E-state index in [-0.39, 0.29) is 5.78 Å². The summed E-state index contributed by atoms with van der Waals surface area (Å²) in [4.78, 5) is 24.5. The summed E-state index contributed by atoms with van der Waals surface area (Å²) in [6.45, 7) is 1.94. The van der Waals surface area contributed by atoms with Crippen LogP contribution in [-0.2, 0) is 7.05 Å². The van der Waals surface area contributed by atoms with Crippen molar-refractivity contribution >= 4 is 44.1 Å². The summed E-state index contributed by atoms with van der Waals surface area (Å²) in [7, 11) is 1.63. The third-order valence-corrected chi connectivity index (χ3v) is 5.27.